The molecule has 0 amide bonds. The first kappa shape index (κ1) is 63.6. The molecule has 0 heterocycles. The Kier molecular flexibility index (Phi) is 53.2. The SMILES string of the molecule is CCCCC/C=C\C=C/CCCCCCCCC(=O)OC(COC(=O)CCCCCCC/C=C\CCCCCCCCCCC)COC(=O)CCCCCCCCCCCCCCCCC. The van der Waals surface area contributed by atoms with Crippen molar-refractivity contribution in [1.29, 1.82) is 0 Å². The molecule has 386 valence electrons. The molecule has 0 aliphatic carbocycles. The van der Waals surface area contributed by atoms with Crippen LogP contribution in [0.15, 0.2) is 36.5 Å². The van der Waals surface area contributed by atoms with E-state index in [0.717, 1.165) is 70.6 Å². The number of hydrogen-bond acceptors (Lipinski definition) is 6. The molecule has 0 fully saturated rings. The number of hydrogen-bond donors (Lipinski definition) is 0. The Labute approximate surface area is 410 Å². The van der Waals surface area contributed by atoms with Crippen molar-refractivity contribution in [2.24, 2.45) is 0 Å². The lowest BCUT2D eigenvalue weighted by atomic mass is 10.0. The van der Waals surface area contributed by atoms with Gasteiger partial charge in [-0.3, -0.25) is 14.4 Å². The van der Waals surface area contributed by atoms with Crippen molar-refractivity contribution in [3.63, 3.8) is 0 Å². The highest BCUT2D eigenvalue weighted by atomic mass is 16.6. The predicted octanol–water partition coefficient (Wildman–Crippen LogP) is 19.3. The summed E-state index contributed by atoms with van der Waals surface area (Å²) in [6.07, 6.45) is 65.6. The summed E-state index contributed by atoms with van der Waals surface area (Å²) >= 11 is 0. The van der Waals surface area contributed by atoms with Crippen LogP contribution < -0.4 is 0 Å². The van der Waals surface area contributed by atoms with E-state index in [9.17, 15) is 14.4 Å². The quantitative estimate of drug-likeness (QED) is 0.0199. The Morgan fingerprint density at radius 2 is 0.545 bits per heavy atom. The van der Waals surface area contributed by atoms with Gasteiger partial charge in [0.05, 0.1) is 0 Å². The van der Waals surface area contributed by atoms with Crippen molar-refractivity contribution in [2.75, 3.05) is 13.2 Å². The summed E-state index contributed by atoms with van der Waals surface area (Å²) in [5.41, 5.74) is 0. The van der Waals surface area contributed by atoms with Crippen LogP contribution in [0.3, 0.4) is 0 Å². The smallest absolute Gasteiger partial charge is 0.306 e. The maximum atomic E-state index is 12.8. The summed E-state index contributed by atoms with van der Waals surface area (Å²) in [5, 5.41) is 0. The van der Waals surface area contributed by atoms with Gasteiger partial charge in [-0.1, -0.05) is 256 Å². The standard InChI is InChI=1S/C60H110O6/c1-4-7-10-13-16-19-22-25-28-29-30-33-35-38-41-44-47-50-53-59(62)65-56-57(66-60(63)54-51-48-45-42-39-36-32-27-24-21-18-15-12-9-6-3)55-64-58(61)52-49-46-43-40-37-34-31-26-23-20-17-14-11-8-5-2/h18,21,24,27,30,33,57H,4-17,19-20,22-23,25-26,28-29,31-32,34-56H2,1-3H3/b21-18-,27-24-,33-30-. The predicted molar refractivity (Wildman–Crippen MR) is 284 cm³/mol. The molecule has 0 bridgehead atoms. The van der Waals surface area contributed by atoms with Crippen LogP contribution in [0.1, 0.15) is 310 Å². The molecule has 0 aromatic carbocycles. The van der Waals surface area contributed by atoms with E-state index >= 15 is 0 Å². The van der Waals surface area contributed by atoms with Gasteiger partial charge >= 0.3 is 17.9 Å². The fraction of sp³-hybridized carbons (Fsp3) is 0.850. The average molecular weight is 928 g/mol. The molecular weight excluding hydrogens is 817 g/mol. The molecule has 0 saturated heterocycles. The number of rotatable bonds is 53. The lowest BCUT2D eigenvalue weighted by molar-refractivity contribution is -0.167. The van der Waals surface area contributed by atoms with E-state index in [2.05, 4.69) is 57.2 Å². The zero-order chi connectivity index (χ0) is 47.9. The van der Waals surface area contributed by atoms with Crippen molar-refractivity contribution in [2.45, 2.75) is 316 Å². The van der Waals surface area contributed by atoms with Crippen LogP contribution in [0.5, 0.6) is 0 Å². The van der Waals surface area contributed by atoms with Gasteiger partial charge in [0.2, 0.25) is 0 Å². The van der Waals surface area contributed by atoms with Crippen LogP contribution in [-0.4, -0.2) is 37.2 Å². The molecule has 0 aromatic heterocycles. The highest BCUT2D eigenvalue weighted by molar-refractivity contribution is 5.71. The lowest BCUT2D eigenvalue weighted by Gasteiger charge is -2.18. The first-order chi connectivity index (χ1) is 32.5. The van der Waals surface area contributed by atoms with Crippen molar-refractivity contribution in [3.8, 4) is 0 Å². The summed E-state index contributed by atoms with van der Waals surface area (Å²) < 4.78 is 16.9. The Hall–Kier alpha value is -2.37. The minimum Gasteiger partial charge on any atom is -0.462 e. The van der Waals surface area contributed by atoms with Gasteiger partial charge in [0.25, 0.3) is 0 Å². The molecule has 0 aromatic rings. The number of ether oxygens (including phenoxy) is 3. The van der Waals surface area contributed by atoms with Crippen LogP contribution in [0.4, 0.5) is 0 Å². The van der Waals surface area contributed by atoms with Gasteiger partial charge in [-0.05, 0) is 70.6 Å². The number of carbonyl (C=O) groups is 3. The fourth-order valence-corrected chi connectivity index (χ4v) is 8.49. The third-order valence-corrected chi connectivity index (χ3v) is 12.9. The maximum Gasteiger partial charge on any atom is 0.306 e. The summed E-state index contributed by atoms with van der Waals surface area (Å²) in [6, 6.07) is 0. The number of esters is 3. The topological polar surface area (TPSA) is 78.9 Å². The van der Waals surface area contributed by atoms with E-state index in [4.69, 9.17) is 14.2 Å². The molecule has 0 saturated carbocycles. The third-order valence-electron chi connectivity index (χ3n) is 12.9. The molecular formula is C60H110O6. The Morgan fingerprint density at radius 1 is 0.303 bits per heavy atom. The van der Waals surface area contributed by atoms with E-state index in [0.29, 0.717) is 19.3 Å². The first-order valence-corrected chi connectivity index (χ1v) is 29.0. The van der Waals surface area contributed by atoms with Gasteiger partial charge in [0.15, 0.2) is 6.10 Å². The molecule has 1 unspecified atom stereocenters. The Bertz CT molecular complexity index is 1110. The lowest BCUT2D eigenvalue weighted by Crippen LogP contribution is -2.30. The van der Waals surface area contributed by atoms with Gasteiger partial charge in [0.1, 0.15) is 13.2 Å². The molecule has 0 aliphatic rings. The summed E-state index contributed by atoms with van der Waals surface area (Å²) in [5.74, 6) is -0.879. The van der Waals surface area contributed by atoms with Gasteiger partial charge in [0, 0.05) is 19.3 Å². The second-order valence-corrected chi connectivity index (χ2v) is 19.6. The van der Waals surface area contributed by atoms with Crippen LogP contribution >= 0.6 is 0 Å². The van der Waals surface area contributed by atoms with Crippen LogP contribution in [-0.2, 0) is 28.6 Å². The minimum absolute atomic E-state index is 0.0761. The number of unbranched alkanes of at least 4 members (excludes halogenated alkanes) is 37. The molecule has 0 radical (unpaired) electrons. The summed E-state index contributed by atoms with van der Waals surface area (Å²) in [6.45, 7) is 6.63. The van der Waals surface area contributed by atoms with E-state index in [1.54, 1.807) is 0 Å². The Morgan fingerprint density at radius 3 is 0.879 bits per heavy atom. The summed E-state index contributed by atoms with van der Waals surface area (Å²) in [7, 11) is 0. The molecule has 66 heavy (non-hydrogen) atoms. The number of allylic oxidation sites excluding steroid dienone is 6. The van der Waals surface area contributed by atoms with Crippen LogP contribution in [0.25, 0.3) is 0 Å². The minimum atomic E-state index is -0.779. The molecule has 1 atom stereocenters. The highest BCUT2D eigenvalue weighted by Crippen LogP contribution is 2.16. The van der Waals surface area contributed by atoms with E-state index in [-0.39, 0.29) is 31.1 Å². The molecule has 0 N–H and O–H groups in total. The average Bonchev–Trinajstić information content (AvgIpc) is 3.31. The monoisotopic (exact) mass is 927 g/mol. The summed E-state index contributed by atoms with van der Waals surface area (Å²) in [4.78, 5) is 38.1. The van der Waals surface area contributed by atoms with Crippen molar-refractivity contribution in [1.82, 2.24) is 0 Å². The molecule has 6 heteroatoms. The third kappa shape index (κ3) is 52.6. The highest BCUT2D eigenvalue weighted by Gasteiger charge is 2.19. The van der Waals surface area contributed by atoms with Crippen molar-refractivity contribution < 1.29 is 28.6 Å². The van der Waals surface area contributed by atoms with Crippen molar-refractivity contribution in [3.05, 3.63) is 36.5 Å². The number of carbonyl (C=O) groups excluding carboxylic acids is 3. The van der Waals surface area contributed by atoms with Crippen LogP contribution in [0.2, 0.25) is 0 Å². The molecule has 0 aliphatic heterocycles. The molecule has 0 spiro atoms. The Balaban J connectivity index is 4.36. The van der Waals surface area contributed by atoms with Crippen LogP contribution in [0, 0.1) is 0 Å². The normalized spacial score (nSPS) is 12.2. The van der Waals surface area contributed by atoms with E-state index in [1.807, 2.05) is 0 Å². The fourth-order valence-electron chi connectivity index (χ4n) is 8.49. The van der Waals surface area contributed by atoms with E-state index in [1.165, 1.54) is 199 Å². The van der Waals surface area contributed by atoms with Crippen molar-refractivity contribution >= 4 is 17.9 Å². The van der Waals surface area contributed by atoms with Gasteiger partial charge in [-0.15, -0.1) is 0 Å². The van der Waals surface area contributed by atoms with E-state index < -0.39 is 6.10 Å². The van der Waals surface area contributed by atoms with Gasteiger partial charge < -0.3 is 14.2 Å². The maximum absolute atomic E-state index is 12.8. The second-order valence-electron chi connectivity index (χ2n) is 19.6. The molecule has 6 nitrogen and oxygen atoms in total. The molecule has 0 rings (SSSR count). The largest absolute Gasteiger partial charge is 0.462 e. The zero-order valence-electron chi connectivity index (χ0n) is 44.2. The first-order valence-electron chi connectivity index (χ1n) is 29.0. The van der Waals surface area contributed by atoms with Gasteiger partial charge in [-0.2, -0.15) is 0 Å². The second kappa shape index (κ2) is 55.2. The van der Waals surface area contributed by atoms with Gasteiger partial charge in [-0.25, -0.2) is 0 Å². The zero-order valence-corrected chi connectivity index (χ0v) is 44.2.